The number of halogens is 1. The Bertz CT molecular complexity index is 946. The molecule has 1 amide bonds. The summed E-state index contributed by atoms with van der Waals surface area (Å²) in [5, 5.41) is 4.56. The summed E-state index contributed by atoms with van der Waals surface area (Å²) in [6.45, 7) is 2.24. The van der Waals surface area contributed by atoms with Gasteiger partial charge >= 0.3 is 0 Å². The van der Waals surface area contributed by atoms with Gasteiger partial charge in [0.25, 0.3) is 5.91 Å². The number of nitrogens with zero attached hydrogens (tertiary/aromatic N) is 1. The molecule has 1 aromatic carbocycles. The second-order valence-electron chi connectivity index (χ2n) is 6.13. The van der Waals surface area contributed by atoms with Gasteiger partial charge < -0.3 is 9.73 Å². The lowest BCUT2D eigenvalue weighted by atomic mass is 10.1. The minimum Gasteiger partial charge on any atom is -0.465 e. The molecule has 24 heavy (non-hydrogen) atoms. The molecule has 0 saturated carbocycles. The third kappa shape index (κ3) is 2.67. The minimum absolute atomic E-state index is 0.149. The van der Waals surface area contributed by atoms with Crippen LogP contribution in [0, 0.1) is 6.92 Å². The molecule has 0 atom stereocenters. The van der Waals surface area contributed by atoms with Crippen LogP contribution in [0.4, 0.5) is 0 Å². The molecule has 1 N–H and O–H groups in total. The second-order valence-corrected chi connectivity index (χ2v) is 6.51. The van der Waals surface area contributed by atoms with Gasteiger partial charge in [0, 0.05) is 16.6 Å². The number of amides is 1. The number of carbonyl (C=O) groups is 1. The van der Waals surface area contributed by atoms with E-state index in [1.807, 2.05) is 31.2 Å². The molecule has 2 heterocycles. The number of benzene rings is 1. The summed E-state index contributed by atoms with van der Waals surface area (Å²) in [4.78, 5) is 17.1. The zero-order valence-electron chi connectivity index (χ0n) is 13.4. The monoisotopic (exact) mass is 340 g/mol. The molecule has 0 fully saturated rings. The zero-order valence-corrected chi connectivity index (χ0v) is 14.1. The summed E-state index contributed by atoms with van der Waals surface area (Å²) in [5.41, 5.74) is 3.58. The number of hydrogen-bond acceptors (Lipinski definition) is 3. The molecule has 4 rings (SSSR count). The Balaban J connectivity index is 1.60. The van der Waals surface area contributed by atoms with Gasteiger partial charge in [-0.2, -0.15) is 0 Å². The van der Waals surface area contributed by atoms with Crippen molar-refractivity contribution in [1.29, 1.82) is 0 Å². The van der Waals surface area contributed by atoms with Crippen molar-refractivity contribution in [3.63, 3.8) is 0 Å². The van der Waals surface area contributed by atoms with Crippen LogP contribution in [0.3, 0.4) is 0 Å². The van der Waals surface area contributed by atoms with E-state index in [0.717, 1.165) is 58.0 Å². The number of pyridine rings is 1. The Morgan fingerprint density at radius 3 is 2.96 bits per heavy atom. The van der Waals surface area contributed by atoms with Crippen molar-refractivity contribution < 1.29 is 9.21 Å². The summed E-state index contributed by atoms with van der Waals surface area (Å²) in [6, 6.07) is 9.22. The van der Waals surface area contributed by atoms with Crippen LogP contribution in [-0.4, -0.2) is 10.9 Å². The number of rotatable bonds is 3. The van der Waals surface area contributed by atoms with E-state index in [4.69, 9.17) is 21.0 Å². The zero-order chi connectivity index (χ0) is 16.7. The summed E-state index contributed by atoms with van der Waals surface area (Å²) in [7, 11) is 0. The van der Waals surface area contributed by atoms with Crippen LogP contribution >= 0.6 is 11.6 Å². The maximum Gasteiger partial charge on any atom is 0.251 e. The highest BCUT2D eigenvalue weighted by molar-refractivity contribution is 6.36. The van der Waals surface area contributed by atoms with Crippen molar-refractivity contribution in [2.45, 2.75) is 32.7 Å². The van der Waals surface area contributed by atoms with E-state index in [9.17, 15) is 4.79 Å². The van der Waals surface area contributed by atoms with Crippen LogP contribution in [0.2, 0.25) is 5.02 Å². The van der Waals surface area contributed by atoms with Gasteiger partial charge in [-0.3, -0.25) is 9.78 Å². The molecule has 0 saturated heterocycles. The van der Waals surface area contributed by atoms with Crippen LogP contribution in [0.15, 0.2) is 34.7 Å². The Labute approximate surface area is 144 Å². The highest BCUT2D eigenvalue weighted by Gasteiger charge is 2.19. The summed E-state index contributed by atoms with van der Waals surface area (Å²) >= 11 is 6.51. The van der Waals surface area contributed by atoms with Gasteiger partial charge in [-0.15, -0.1) is 0 Å². The van der Waals surface area contributed by atoms with Crippen LogP contribution in [0.25, 0.3) is 10.9 Å². The molecule has 4 nitrogen and oxygen atoms in total. The van der Waals surface area contributed by atoms with Crippen molar-refractivity contribution in [3.05, 3.63) is 63.7 Å². The number of furan rings is 1. The minimum atomic E-state index is -0.149. The topological polar surface area (TPSA) is 55.1 Å². The Kier molecular flexibility index (Phi) is 3.77. The number of hydrogen-bond donors (Lipinski definition) is 1. The number of fused-ring (bicyclic) bond motifs is 2. The molecular formula is C19H17ClN2O2. The Morgan fingerprint density at radius 2 is 2.17 bits per heavy atom. The van der Waals surface area contributed by atoms with Crippen molar-refractivity contribution >= 4 is 28.4 Å². The first-order chi connectivity index (χ1) is 11.6. The summed E-state index contributed by atoms with van der Waals surface area (Å²) in [5.74, 6) is 1.42. The van der Waals surface area contributed by atoms with E-state index in [-0.39, 0.29) is 5.91 Å². The lowest BCUT2D eigenvalue weighted by molar-refractivity contribution is 0.0948. The van der Waals surface area contributed by atoms with E-state index in [1.165, 1.54) is 0 Å². The fraction of sp³-hybridized carbons (Fsp3) is 0.263. The van der Waals surface area contributed by atoms with E-state index in [2.05, 4.69) is 5.32 Å². The molecule has 0 spiro atoms. The van der Waals surface area contributed by atoms with Gasteiger partial charge in [-0.1, -0.05) is 17.7 Å². The molecular weight excluding hydrogens is 324 g/mol. The van der Waals surface area contributed by atoms with Gasteiger partial charge in [-0.05, 0) is 56.0 Å². The van der Waals surface area contributed by atoms with Crippen molar-refractivity contribution in [3.8, 4) is 0 Å². The van der Waals surface area contributed by atoms with E-state index in [0.29, 0.717) is 12.1 Å². The Hall–Kier alpha value is -2.33. The average Bonchev–Trinajstić information content (AvgIpc) is 3.21. The Morgan fingerprint density at radius 1 is 1.29 bits per heavy atom. The largest absolute Gasteiger partial charge is 0.465 e. The molecule has 3 aromatic rings. The molecule has 0 bridgehead atoms. The lowest BCUT2D eigenvalue weighted by Crippen LogP contribution is -2.22. The van der Waals surface area contributed by atoms with Gasteiger partial charge in [0.1, 0.15) is 11.5 Å². The van der Waals surface area contributed by atoms with Crippen LogP contribution < -0.4 is 5.32 Å². The first-order valence-electron chi connectivity index (χ1n) is 8.06. The van der Waals surface area contributed by atoms with Crippen molar-refractivity contribution in [1.82, 2.24) is 10.3 Å². The van der Waals surface area contributed by atoms with Gasteiger partial charge in [0.05, 0.1) is 17.1 Å². The smallest absolute Gasteiger partial charge is 0.251 e. The fourth-order valence-corrected chi connectivity index (χ4v) is 3.56. The molecule has 0 unspecified atom stereocenters. The third-order valence-electron chi connectivity index (χ3n) is 4.42. The van der Waals surface area contributed by atoms with E-state index >= 15 is 0 Å². The second kappa shape index (κ2) is 5.95. The maximum atomic E-state index is 12.4. The van der Waals surface area contributed by atoms with Crippen LogP contribution in [0.5, 0.6) is 0 Å². The van der Waals surface area contributed by atoms with Crippen molar-refractivity contribution in [2.75, 3.05) is 0 Å². The fourth-order valence-electron chi connectivity index (χ4n) is 3.20. The van der Waals surface area contributed by atoms with Crippen molar-refractivity contribution in [2.24, 2.45) is 0 Å². The molecule has 0 radical (unpaired) electrons. The molecule has 0 aliphatic heterocycles. The predicted molar refractivity (Wildman–Crippen MR) is 93.4 cm³/mol. The summed E-state index contributed by atoms with van der Waals surface area (Å²) in [6.07, 6.45) is 3.04. The average molecular weight is 341 g/mol. The summed E-state index contributed by atoms with van der Waals surface area (Å²) < 4.78 is 5.46. The van der Waals surface area contributed by atoms with Crippen LogP contribution in [0.1, 0.15) is 39.6 Å². The highest BCUT2D eigenvalue weighted by atomic mass is 35.5. The lowest BCUT2D eigenvalue weighted by Gasteiger charge is -2.09. The molecule has 2 aromatic heterocycles. The van der Waals surface area contributed by atoms with E-state index in [1.54, 1.807) is 6.07 Å². The molecule has 1 aliphatic rings. The maximum absolute atomic E-state index is 12.4. The third-order valence-corrected chi connectivity index (χ3v) is 4.86. The molecule has 122 valence electrons. The SMILES string of the molecule is Cc1ccc(CNC(=O)c2ccc3c(Cl)c4c(nc3c2)CCC4)o1. The number of carbonyl (C=O) groups excluding carboxylic acids is 1. The molecule has 5 heteroatoms. The van der Waals surface area contributed by atoms with Gasteiger partial charge in [0.2, 0.25) is 0 Å². The quantitative estimate of drug-likeness (QED) is 0.777. The number of aromatic nitrogens is 1. The number of nitrogens with one attached hydrogen (secondary N) is 1. The predicted octanol–water partition coefficient (Wildman–Crippen LogP) is 4.21. The van der Waals surface area contributed by atoms with Gasteiger partial charge in [0.15, 0.2) is 0 Å². The molecule has 1 aliphatic carbocycles. The standard InChI is InChI=1S/C19H17ClN2O2/c1-11-5-7-13(24-11)10-21-19(23)12-6-8-15-17(9-12)22-16-4-2-3-14(16)18(15)20/h5-9H,2-4,10H2,1H3,(H,21,23). The van der Waals surface area contributed by atoms with Crippen LogP contribution in [-0.2, 0) is 19.4 Å². The van der Waals surface area contributed by atoms with E-state index < -0.39 is 0 Å². The number of aryl methyl sites for hydroxylation is 2. The first-order valence-corrected chi connectivity index (χ1v) is 8.44. The van der Waals surface area contributed by atoms with Gasteiger partial charge in [-0.25, -0.2) is 0 Å². The first kappa shape index (κ1) is 15.2. The normalized spacial score (nSPS) is 13.2. The highest BCUT2D eigenvalue weighted by Crippen LogP contribution is 2.33.